The van der Waals surface area contributed by atoms with Gasteiger partial charge in [0.15, 0.2) is 0 Å². The van der Waals surface area contributed by atoms with Crippen LogP contribution in [0.15, 0.2) is 48.5 Å². The quantitative estimate of drug-likeness (QED) is 0.511. The SMILES string of the molecule is C[C@H](OC(=O)C[C@H]1C(=O)Nc2ccccc21)c1cccc([N+](=O)[O-])c1. The molecule has 25 heavy (non-hydrogen) atoms. The molecule has 1 aliphatic rings. The average molecular weight is 340 g/mol. The topological polar surface area (TPSA) is 98.5 Å². The van der Waals surface area contributed by atoms with Crippen molar-refractivity contribution in [2.45, 2.75) is 25.4 Å². The number of carbonyl (C=O) groups excluding carboxylic acids is 2. The number of nitro benzene ring substituents is 1. The summed E-state index contributed by atoms with van der Waals surface area (Å²) in [4.78, 5) is 34.6. The van der Waals surface area contributed by atoms with E-state index in [0.29, 0.717) is 11.3 Å². The summed E-state index contributed by atoms with van der Waals surface area (Å²) in [6, 6.07) is 13.1. The van der Waals surface area contributed by atoms with Crippen LogP contribution in [0.1, 0.15) is 36.5 Å². The van der Waals surface area contributed by atoms with Gasteiger partial charge in [0.05, 0.1) is 17.3 Å². The monoisotopic (exact) mass is 340 g/mol. The number of rotatable bonds is 5. The van der Waals surface area contributed by atoms with Crippen LogP contribution >= 0.6 is 0 Å². The molecule has 2 aromatic carbocycles. The van der Waals surface area contributed by atoms with E-state index in [4.69, 9.17) is 4.74 Å². The second-order valence-corrected chi connectivity index (χ2v) is 5.82. The first-order valence-corrected chi connectivity index (χ1v) is 7.79. The van der Waals surface area contributed by atoms with E-state index in [2.05, 4.69) is 5.32 Å². The van der Waals surface area contributed by atoms with Gasteiger partial charge in [0, 0.05) is 17.8 Å². The summed E-state index contributed by atoms with van der Waals surface area (Å²) in [6.45, 7) is 1.64. The largest absolute Gasteiger partial charge is 0.458 e. The fourth-order valence-corrected chi connectivity index (χ4v) is 2.85. The minimum absolute atomic E-state index is 0.0653. The van der Waals surface area contributed by atoms with Gasteiger partial charge in [-0.2, -0.15) is 0 Å². The van der Waals surface area contributed by atoms with Gasteiger partial charge >= 0.3 is 5.97 Å². The van der Waals surface area contributed by atoms with Gasteiger partial charge in [0.25, 0.3) is 5.69 Å². The molecule has 1 N–H and O–H groups in total. The Morgan fingerprint density at radius 3 is 2.80 bits per heavy atom. The third kappa shape index (κ3) is 3.50. The highest BCUT2D eigenvalue weighted by molar-refractivity contribution is 6.04. The lowest BCUT2D eigenvalue weighted by molar-refractivity contribution is -0.385. The molecule has 1 aliphatic heterocycles. The van der Waals surface area contributed by atoms with Crippen LogP contribution in [0.5, 0.6) is 0 Å². The van der Waals surface area contributed by atoms with Crippen molar-refractivity contribution in [2.75, 3.05) is 5.32 Å². The maximum atomic E-state index is 12.2. The number of fused-ring (bicyclic) bond motifs is 1. The Bertz CT molecular complexity index is 849. The van der Waals surface area contributed by atoms with Gasteiger partial charge in [-0.05, 0) is 24.1 Å². The number of anilines is 1. The molecule has 1 heterocycles. The molecule has 2 atom stereocenters. The summed E-state index contributed by atoms with van der Waals surface area (Å²) in [5.41, 5.74) is 1.94. The van der Waals surface area contributed by atoms with E-state index in [-0.39, 0.29) is 18.0 Å². The van der Waals surface area contributed by atoms with Crippen molar-refractivity contribution in [2.24, 2.45) is 0 Å². The van der Waals surface area contributed by atoms with Gasteiger partial charge < -0.3 is 10.1 Å². The van der Waals surface area contributed by atoms with Crippen LogP contribution in [0.25, 0.3) is 0 Å². The molecule has 0 fully saturated rings. The number of nitrogens with one attached hydrogen (secondary N) is 1. The Morgan fingerprint density at radius 2 is 2.04 bits per heavy atom. The molecule has 0 radical (unpaired) electrons. The summed E-state index contributed by atoms with van der Waals surface area (Å²) in [7, 11) is 0. The van der Waals surface area contributed by atoms with E-state index in [1.807, 2.05) is 12.1 Å². The zero-order valence-electron chi connectivity index (χ0n) is 13.5. The van der Waals surface area contributed by atoms with Crippen molar-refractivity contribution < 1.29 is 19.2 Å². The summed E-state index contributed by atoms with van der Waals surface area (Å²) < 4.78 is 5.35. The summed E-state index contributed by atoms with van der Waals surface area (Å²) in [6.07, 6.45) is -0.727. The second kappa shape index (κ2) is 6.72. The van der Waals surface area contributed by atoms with Crippen LogP contribution < -0.4 is 5.32 Å². The number of amides is 1. The minimum Gasteiger partial charge on any atom is -0.458 e. The van der Waals surface area contributed by atoms with Gasteiger partial charge in [-0.15, -0.1) is 0 Å². The zero-order chi connectivity index (χ0) is 18.0. The molecule has 2 aromatic rings. The molecule has 0 saturated heterocycles. The summed E-state index contributed by atoms with van der Waals surface area (Å²) in [5.74, 6) is -1.35. The van der Waals surface area contributed by atoms with Gasteiger partial charge in [0.1, 0.15) is 6.10 Å². The maximum absolute atomic E-state index is 12.2. The van der Waals surface area contributed by atoms with Crippen LogP contribution in [0.3, 0.4) is 0 Å². The third-order valence-electron chi connectivity index (χ3n) is 4.14. The van der Waals surface area contributed by atoms with Crippen LogP contribution in [0, 0.1) is 10.1 Å². The number of nitrogens with zero attached hydrogens (tertiary/aromatic N) is 1. The number of para-hydroxylation sites is 1. The number of benzene rings is 2. The minimum atomic E-state index is -0.646. The van der Waals surface area contributed by atoms with Gasteiger partial charge in [-0.1, -0.05) is 30.3 Å². The maximum Gasteiger partial charge on any atom is 0.307 e. The second-order valence-electron chi connectivity index (χ2n) is 5.82. The van der Waals surface area contributed by atoms with Crippen molar-refractivity contribution in [3.63, 3.8) is 0 Å². The molecule has 1 amide bonds. The molecule has 0 aliphatic carbocycles. The highest BCUT2D eigenvalue weighted by Crippen LogP contribution is 2.35. The van der Waals surface area contributed by atoms with E-state index in [1.54, 1.807) is 31.2 Å². The third-order valence-corrected chi connectivity index (χ3v) is 4.14. The van der Waals surface area contributed by atoms with E-state index < -0.39 is 22.9 Å². The average Bonchev–Trinajstić information content (AvgIpc) is 2.90. The van der Waals surface area contributed by atoms with Crippen LogP contribution in [-0.4, -0.2) is 16.8 Å². The van der Waals surface area contributed by atoms with E-state index in [0.717, 1.165) is 5.56 Å². The Kier molecular flexibility index (Phi) is 4.47. The molecule has 7 nitrogen and oxygen atoms in total. The molecule has 7 heteroatoms. The fourth-order valence-electron chi connectivity index (χ4n) is 2.85. The fraction of sp³-hybridized carbons (Fsp3) is 0.222. The molecule has 0 saturated carbocycles. The standard InChI is InChI=1S/C18H16N2O5/c1-11(12-5-4-6-13(9-12)20(23)24)25-17(21)10-15-14-7-2-3-8-16(14)19-18(15)22/h2-9,11,15H,10H2,1H3,(H,19,22)/t11-,15+/m0/s1. The lowest BCUT2D eigenvalue weighted by Gasteiger charge is -2.15. The van der Waals surface area contributed by atoms with E-state index in [1.165, 1.54) is 12.1 Å². The number of esters is 1. The van der Waals surface area contributed by atoms with Crippen LogP contribution in [-0.2, 0) is 14.3 Å². The Labute approximate surface area is 143 Å². The predicted octanol–water partition coefficient (Wildman–Crippen LogP) is 3.33. The van der Waals surface area contributed by atoms with Crippen molar-refractivity contribution in [1.82, 2.24) is 0 Å². The molecule has 0 unspecified atom stereocenters. The predicted molar refractivity (Wildman–Crippen MR) is 90.0 cm³/mol. The number of non-ortho nitro benzene ring substituents is 1. The molecule has 128 valence electrons. The van der Waals surface area contributed by atoms with Crippen LogP contribution in [0.4, 0.5) is 11.4 Å². The molecule has 0 bridgehead atoms. The Balaban J connectivity index is 1.68. The molecule has 0 spiro atoms. The van der Waals surface area contributed by atoms with E-state index >= 15 is 0 Å². The molecule has 0 aromatic heterocycles. The van der Waals surface area contributed by atoms with Gasteiger partial charge in [-0.25, -0.2) is 0 Å². The van der Waals surface area contributed by atoms with Crippen molar-refractivity contribution in [1.29, 1.82) is 0 Å². The van der Waals surface area contributed by atoms with Crippen molar-refractivity contribution >= 4 is 23.3 Å². The first kappa shape index (κ1) is 16.6. The normalized spacial score (nSPS) is 16.7. The number of ether oxygens (including phenoxy) is 1. The molecule has 3 rings (SSSR count). The lowest BCUT2D eigenvalue weighted by atomic mass is 9.97. The zero-order valence-corrected chi connectivity index (χ0v) is 13.5. The summed E-state index contributed by atoms with van der Waals surface area (Å²) in [5, 5.41) is 13.6. The number of hydrogen-bond donors (Lipinski definition) is 1. The number of nitro groups is 1. The van der Waals surface area contributed by atoms with Gasteiger partial charge in [0.2, 0.25) is 5.91 Å². The first-order chi connectivity index (χ1) is 12.0. The Hall–Kier alpha value is -3.22. The number of carbonyl (C=O) groups is 2. The van der Waals surface area contributed by atoms with Crippen LogP contribution in [0.2, 0.25) is 0 Å². The highest BCUT2D eigenvalue weighted by Gasteiger charge is 2.32. The molecular formula is C18H16N2O5. The van der Waals surface area contributed by atoms with Crippen molar-refractivity contribution in [3.8, 4) is 0 Å². The number of hydrogen-bond acceptors (Lipinski definition) is 5. The van der Waals surface area contributed by atoms with E-state index in [9.17, 15) is 19.7 Å². The van der Waals surface area contributed by atoms with Gasteiger partial charge in [-0.3, -0.25) is 19.7 Å². The Morgan fingerprint density at radius 1 is 1.28 bits per heavy atom. The smallest absolute Gasteiger partial charge is 0.307 e. The lowest BCUT2D eigenvalue weighted by Crippen LogP contribution is -2.18. The first-order valence-electron chi connectivity index (χ1n) is 7.79. The molecular weight excluding hydrogens is 324 g/mol. The summed E-state index contributed by atoms with van der Waals surface area (Å²) >= 11 is 0. The highest BCUT2D eigenvalue weighted by atomic mass is 16.6. The van der Waals surface area contributed by atoms with Crippen molar-refractivity contribution in [3.05, 3.63) is 69.8 Å².